The summed E-state index contributed by atoms with van der Waals surface area (Å²) in [5, 5.41) is 0. The molecule has 0 aromatic carbocycles. The van der Waals surface area contributed by atoms with E-state index in [0.717, 1.165) is 12.0 Å². The van der Waals surface area contributed by atoms with Gasteiger partial charge in [0.15, 0.2) is 0 Å². The molecular formula is C10H19N. The normalized spacial score (nSPS) is 29.2. The number of hydrogen-bond donors (Lipinski definition) is 0. The lowest BCUT2D eigenvalue weighted by molar-refractivity contribution is 0.0533. The summed E-state index contributed by atoms with van der Waals surface area (Å²) in [6, 6.07) is 0.984. The average Bonchev–Trinajstić information content (AvgIpc) is 2.37. The first-order valence-corrected chi connectivity index (χ1v) is 5.14. The van der Waals surface area contributed by atoms with Crippen LogP contribution in [0.4, 0.5) is 0 Å². The van der Waals surface area contributed by atoms with Crippen molar-refractivity contribution in [3.8, 4) is 0 Å². The zero-order chi connectivity index (χ0) is 7.68. The Hall–Kier alpha value is -0.0400. The number of nitrogens with zero attached hydrogens (tertiary/aromatic N) is 1. The minimum atomic E-state index is 0.984. The third-order valence-electron chi connectivity index (χ3n) is 3.40. The van der Waals surface area contributed by atoms with Gasteiger partial charge in [-0.2, -0.15) is 0 Å². The Balaban J connectivity index is 1.73. The predicted molar refractivity (Wildman–Crippen MR) is 47.6 cm³/mol. The zero-order valence-corrected chi connectivity index (χ0v) is 7.55. The van der Waals surface area contributed by atoms with Crippen LogP contribution in [0.15, 0.2) is 0 Å². The summed E-state index contributed by atoms with van der Waals surface area (Å²) in [6.45, 7) is 5.12. The van der Waals surface area contributed by atoms with E-state index in [2.05, 4.69) is 11.8 Å². The van der Waals surface area contributed by atoms with Crippen LogP contribution in [0.5, 0.6) is 0 Å². The Morgan fingerprint density at radius 1 is 1.18 bits per heavy atom. The van der Waals surface area contributed by atoms with Gasteiger partial charge in [0.1, 0.15) is 0 Å². The van der Waals surface area contributed by atoms with Crippen molar-refractivity contribution in [3.05, 3.63) is 0 Å². The lowest BCUT2D eigenvalue weighted by Gasteiger charge is -2.43. The van der Waals surface area contributed by atoms with E-state index in [1.807, 2.05) is 0 Å². The minimum absolute atomic E-state index is 0.984. The maximum Gasteiger partial charge on any atom is 0.00955 e. The molecule has 2 rings (SSSR count). The molecule has 2 fully saturated rings. The van der Waals surface area contributed by atoms with Crippen molar-refractivity contribution >= 4 is 0 Å². The molecule has 0 radical (unpaired) electrons. The number of likely N-dealkylation sites (tertiary alicyclic amines) is 1. The third kappa shape index (κ3) is 1.44. The van der Waals surface area contributed by atoms with Crippen molar-refractivity contribution in [2.45, 2.75) is 45.1 Å². The summed E-state index contributed by atoms with van der Waals surface area (Å²) in [5.41, 5.74) is 0. The van der Waals surface area contributed by atoms with Gasteiger partial charge in [-0.1, -0.05) is 26.2 Å². The van der Waals surface area contributed by atoms with Crippen LogP contribution in [0.1, 0.15) is 39.0 Å². The molecule has 11 heavy (non-hydrogen) atoms. The molecule has 0 amide bonds. The van der Waals surface area contributed by atoms with Crippen LogP contribution < -0.4 is 0 Å². The minimum Gasteiger partial charge on any atom is -0.300 e. The fourth-order valence-corrected chi connectivity index (χ4v) is 2.44. The SMILES string of the molecule is CCC1CN(C2CCCC2)C1. The topological polar surface area (TPSA) is 3.24 Å². The van der Waals surface area contributed by atoms with Crippen molar-refractivity contribution in [3.63, 3.8) is 0 Å². The molecule has 1 heterocycles. The summed E-state index contributed by atoms with van der Waals surface area (Å²) >= 11 is 0. The standard InChI is InChI=1S/C10H19N/c1-2-9-7-11(8-9)10-5-3-4-6-10/h9-10H,2-8H2,1H3. The predicted octanol–water partition coefficient (Wildman–Crippen LogP) is 2.27. The second-order valence-corrected chi connectivity index (χ2v) is 4.17. The highest BCUT2D eigenvalue weighted by atomic mass is 15.2. The molecule has 0 bridgehead atoms. The van der Waals surface area contributed by atoms with E-state index in [0.29, 0.717) is 0 Å². The van der Waals surface area contributed by atoms with Crippen molar-refractivity contribution < 1.29 is 0 Å². The van der Waals surface area contributed by atoms with E-state index < -0.39 is 0 Å². The molecule has 0 atom stereocenters. The first kappa shape index (κ1) is 7.60. The molecule has 2 aliphatic rings. The average molecular weight is 153 g/mol. The van der Waals surface area contributed by atoms with Gasteiger partial charge in [0.25, 0.3) is 0 Å². The van der Waals surface area contributed by atoms with E-state index in [9.17, 15) is 0 Å². The summed E-state index contributed by atoms with van der Waals surface area (Å²) in [7, 11) is 0. The molecule has 0 aromatic heterocycles. The molecule has 1 nitrogen and oxygen atoms in total. The Morgan fingerprint density at radius 3 is 2.36 bits per heavy atom. The molecule has 1 heteroatoms. The van der Waals surface area contributed by atoms with Crippen LogP contribution in [0.2, 0.25) is 0 Å². The first-order chi connectivity index (χ1) is 5.40. The molecule has 0 spiro atoms. The number of rotatable bonds is 2. The Bertz CT molecular complexity index is 121. The molecule has 0 aromatic rings. The molecule has 0 N–H and O–H groups in total. The van der Waals surface area contributed by atoms with E-state index in [1.54, 1.807) is 0 Å². The Morgan fingerprint density at radius 2 is 1.82 bits per heavy atom. The lowest BCUT2D eigenvalue weighted by Crippen LogP contribution is -2.50. The van der Waals surface area contributed by atoms with Crippen LogP contribution in [0, 0.1) is 5.92 Å². The molecule has 1 aliphatic heterocycles. The maximum absolute atomic E-state index is 2.70. The fraction of sp³-hybridized carbons (Fsp3) is 1.00. The van der Waals surface area contributed by atoms with Crippen LogP contribution in [0.3, 0.4) is 0 Å². The highest BCUT2D eigenvalue weighted by molar-refractivity contribution is 4.86. The molecule has 1 saturated heterocycles. The third-order valence-corrected chi connectivity index (χ3v) is 3.40. The van der Waals surface area contributed by atoms with Gasteiger partial charge in [0.05, 0.1) is 0 Å². The van der Waals surface area contributed by atoms with E-state index in [4.69, 9.17) is 0 Å². The van der Waals surface area contributed by atoms with Gasteiger partial charge in [-0.05, 0) is 18.8 Å². The largest absolute Gasteiger partial charge is 0.300 e. The summed E-state index contributed by atoms with van der Waals surface area (Å²) < 4.78 is 0. The highest BCUT2D eigenvalue weighted by Gasteiger charge is 2.32. The Labute approximate surface area is 69.8 Å². The second kappa shape index (κ2) is 3.14. The van der Waals surface area contributed by atoms with Crippen molar-refractivity contribution in [1.82, 2.24) is 4.90 Å². The fourth-order valence-electron chi connectivity index (χ4n) is 2.44. The van der Waals surface area contributed by atoms with E-state index in [-0.39, 0.29) is 0 Å². The van der Waals surface area contributed by atoms with Crippen molar-refractivity contribution in [2.75, 3.05) is 13.1 Å². The molecule has 0 unspecified atom stereocenters. The van der Waals surface area contributed by atoms with Crippen molar-refractivity contribution in [1.29, 1.82) is 0 Å². The number of hydrogen-bond acceptors (Lipinski definition) is 1. The summed E-state index contributed by atoms with van der Waals surface area (Å²) in [5.74, 6) is 1.04. The maximum atomic E-state index is 2.70. The van der Waals surface area contributed by atoms with Gasteiger partial charge in [-0.3, -0.25) is 4.90 Å². The van der Waals surface area contributed by atoms with Crippen LogP contribution in [-0.2, 0) is 0 Å². The van der Waals surface area contributed by atoms with Gasteiger partial charge in [-0.15, -0.1) is 0 Å². The van der Waals surface area contributed by atoms with Gasteiger partial charge in [0.2, 0.25) is 0 Å². The molecular weight excluding hydrogens is 134 g/mol. The highest BCUT2D eigenvalue weighted by Crippen LogP contribution is 2.30. The molecule has 1 saturated carbocycles. The van der Waals surface area contributed by atoms with Gasteiger partial charge >= 0.3 is 0 Å². The van der Waals surface area contributed by atoms with Crippen LogP contribution >= 0.6 is 0 Å². The van der Waals surface area contributed by atoms with Crippen LogP contribution in [0.25, 0.3) is 0 Å². The molecule has 64 valence electrons. The van der Waals surface area contributed by atoms with Gasteiger partial charge in [0, 0.05) is 19.1 Å². The van der Waals surface area contributed by atoms with Gasteiger partial charge in [-0.25, -0.2) is 0 Å². The second-order valence-electron chi connectivity index (χ2n) is 4.17. The molecule has 1 aliphatic carbocycles. The monoisotopic (exact) mass is 153 g/mol. The van der Waals surface area contributed by atoms with E-state index in [1.165, 1.54) is 45.2 Å². The Kier molecular flexibility index (Phi) is 2.17. The smallest absolute Gasteiger partial charge is 0.00955 e. The van der Waals surface area contributed by atoms with E-state index >= 15 is 0 Å². The van der Waals surface area contributed by atoms with Crippen molar-refractivity contribution in [2.24, 2.45) is 5.92 Å². The summed E-state index contributed by atoms with van der Waals surface area (Å²) in [4.78, 5) is 2.70. The zero-order valence-electron chi connectivity index (χ0n) is 7.55. The van der Waals surface area contributed by atoms with Crippen LogP contribution in [-0.4, -0.2) is 24.0 Å². The first-order valence-electron chi connectivity index (χ1n) is 5.14. The lowest BCUT2D eigenvalue weighted by atomic mass is 9.95. The quantitative estimate of drug-likeness (QED) is 0.588. The van der Waals surface area contributed by atoms with Gasteiger partial charge < -0.3 is 0 Å². The summed E-state index contributed by atoms with van der Waals surface area (Å²) in [6.07, 6.45) is 7.33.